The Kier molecular flexibility index (Phi) is 2.21. The molecule has 0 saturated heterocycles. The zero-order chi connectivity index (χ0) is 11.9. The first-order valence-corrected chi connectivity index (χ1v) is 4.09. The predicted octanol–water partition coefficient (Wildman–Crippen LogP) is 1.90. The fourth-order valence-corrected chi connectivity index (χ4v) is 1.27. The van der Waals surface area contributed by atoms with Crippen LogP contribution in [0.15, 0.2) is 12.4 Å². The second kappa shape index (κ2) is 3.32. The first-order valence-electron chi connectivity index (χ1n) is 4.09. The van der Waals surface area contributed by atoms with Crippen molar-refractivity contribution in [2.45, 2.75) is 6.18 Å². The van der Waals surface area contributed by atoms with Crippen molar-refractivity contribution in [3.8, 4) is 5.88 Å². The van der Waals surface area contributed by atoms with Gasteiger partial charge < -0.3 is 4.74 Å². The Morgan fingerprint density at radius 1 is 1.38 bits per heavy atom. The SMILES string of the molecule is COc1nc2nccn2c(F)c1C(F)(F)F. The summed E-state index contributed by atoms with van der Waals surface area (Å²) >= 11 is 0. The third-order valence-electron chi connectivity index (χ3n) is 1.93. The van der Waals surface area contributed by atoms with Crippen LogP contribution in [0.3, 0.4) is 0 Å². The molecule has 2 heterocycles. The van der Waals surface area contributed by atoms with E-state index in [0.29, 0.717) is 4.40 Å². The van der Waals surface area contributed by atoms with Gasteiger partial charge in [-0.25, -0.2) is 4.98 Å². The standard InChI is InChI=1S/C8H5F4N3O/c1-16-6-4(8(10,11)12)5(9)15-3-2-13-7(15)14-6/h2-3H,1H3. The maximum atomic E-state index is 13.5. The van der Waals surface area contributed by atoms with Gasteiger partial charge in [0.15, 0.2) is 5.56 Å². The Balaban J connectivity index is 2.83. The smallest absolute Gasteiger partial charge is 0.425 e. The normalized spacial score (nSPS) is 12.1. The molecular weight excluding hydrogens is 230 g/mol. The second-order valence-corrected chi connectivity index (χ2v) is 2.88. The summed E-state index contributed by atoms with van der Waals surface area (Å²) < 4.78 is 56.1. The van der Waals surface area contributed by atoms with Gasteiger partial charge in [0.25, 0.3) is 0 Å². The first-order chi connectivity index (χ1) is 7.45. The lowest BCUT2D eigenvalue weighted by Crippen LogP contribution is -2.15. The summed E-state index contributed by atoms with van der Waals surface area (Å²) in [7, 11) is 0.983. The molecule has 2 aromatic rings. The number of rotatable bonds is 1. The highest BCUT2D eigenvalue weighted by Crippen LogP contribution is 2.36. The lowest BCUT2D eigenvalue weighted by Gasteiger charge is -2.12. The minimum Gasteiger partial charge on any atom is -0.480 e. The van der Waals surface area contributed by atoms with E-state index in [-0.39, 0.29) is 5.78 Å². The molecule has 0 unspecified atom stereocenters. The van der Waals surface area contributed by atoms with Crippen LogP contribution in [0.4, 0.5) is 17.6 Å². The van der Waals surface area contributed by atoms with Gasteiger partial charge in [0.2, 0.25) is 17.6 Å². The molecule has 86 valence electrons. The number of aromatic nitrogens is 3. The van der Waals surface area contributed by atoms with Gasteiger partial charge in [-0.1, -0.05) is 0 Å². The molecule has 0 atom stereocenters. The van der Waals surface area contributed by atoms with Gasteiger partial charge in [-0.15, -0.1) is 0 Å². The van der Waals surface area contributed by atoms with Crippen LogP contribution in [-0.2, 0) is 6.18 Å². The maximum absolute atomic E-state index is 13.5. The van der Waals surface area contributed by atoms with Crippen LogP contribution in [0.25, 0.3) is 5.78 Å². The molecule has 0 saturated carbocycles. The summed E-state index contributed by atoms with van der Waals surface area (Å²) in [6.07, 6.45) is -2.68. The highest BCUT2D eigenvalue weighted by molar-refractivity contribution is 5.39. The average Bonchev–Trinajstić information content (AvgIpc) is 2.63. The van der Waals surface area contributed by atoms with E-state index in [1.807, 2.05) is 0 Å². The summed E-state index contributed by atoms with van der Waals surface area (Å²) in [5.74, 6) is -2.52. The van der Waals surface area contributed by atoms with Crippen LogP contribution in [-0.4, -0.2) is 21.5 Å². The topological polar surface area (TPSA) is 39.4 Å². The Labute approximate surface area is 86.5 Å². The minimum atomic E-state index is -4.87. The minimum absolute atomic E-state index is 0.192. The fraction of sp³-hybridized carbons (Fsp3) is 0.250. The van der Waals surface area contributed by atoms with Crippen LogP contribution in [0, 0.1) is 5.95 Å². The van der Waals surface area contributed by atoms with E-state index in [4.69, 9.17) is 0 Å². The van der Waals surface area contributed by atoms with Crippen LogP contribution in [0.2, 0.25) is 0 Å². The van der Waals surface area contributed by atoms with E-state index in [0.717, 1.165) is 19.5 Å². The molecule has 0 aliphatic rings. The molecule has 2 rings (SSSR count). The Morgan fingerprint density at radius 3 is 2.62 bits per heavy atom. The van der Waals surface area contributed by atoms with Gasteiger partial charge in [0, 0.05) is 12.4 Å². The van der Waals surface area contributed by atoms with Gasteiger partial charge in [-0.2, -0.15) is 22.5 Å². The van der Waals surface area contributed by atoms with E-state index in [1.54, 1.807) is 0 Å². The summed E-state index contributed by atoms with van der Waals surface area (Å²) in [5.41, 5.74) is -1.54. The molecule has 2 aromatic heterocycles. The molecule has 0 aromatic carbocycles. The van der Waals surface area contributed by atoms with E-state index in [9.17, 15) is 17.6 Å². The van der Waals surface area contributed by atoms with Crippen molar-refractivity contribution in [3.63, 3.8) is 0 Å². The van der Waals surface area contributed by atoms with Crippen molar-refractivity contribution in [1.82, 2.24) is 14.4 Å². The van der Waals surface area contributed by atoms with Gasteiger partial charge in [-0.3, -0.25) is 4.40 Å². The maximum Gasteiger partial charge on any atom is 0.425 e. The molecular formula is C8H5F4N3O. The summed E-state index contributed by atoms with van der Waals surface area (Å²) in [6, 6.07) is 0. The lowest BCUT2D eigenvalue weighted by atomic mass is 10.3. The third kappa shape index (κ3) is 1.46. The van der Waals surface area contributed by atoms with Crippen molar-refractivity contribution in [1.29, 1.82) is 0 Å². The fourth-order valence-electron chi connectivity index (χ4n) is 1.27. The van der Waals surface area contributed by atoms with Crippen LogP contribution in [0.1, 0.15) is 5.56 Å². The molecule has 0 bridgehead atoms. The second-order valence-electron chi connectivity index (χ2n) is 2.88. The molecule has 4 nitrogen and oxygen atoms in total. The third-order valence-corrected chi connectivity index (χ3v) is 1.93. The quantitative estimate of drug-likeness (QED) is 0.559. The number of ether oxygens (including phenoxy) is 1. The number of imidazole rings is 1. The zero-order valence-electron chi connectivity index (χ0n) is 7.92. The average molecular weight is 235 g/mol. The van der Waals surface area contributed by atoms with Crippen molar-refractivity contribution in [2.24, 2.45) is 0 Å². The van der Waals surface area contributed by atoms with Gasteiger partial charge in [-0.05, 0) is 0 Å². The Hall–Kier alpha value is -1.86. The molecule has 0 fully saturated rings. The van der Waals surface area contributed by atoms with Crippen molar-refractivity contribution in [2.75, 3.05) is 7.11 Å². The van der Waals surface area contributed by atoms with Crippen molar-refractivity contribution in [3.05, 3.63) is 23.9 Å². The number of halogens is 4. The molecule has 0 N–H and O–H groups in total. The molecule has 0 amide bonds. The van der Waals surface area contributed by atoms with Crippen LogP contribution in [0.5, 0.6) is 5.88 Å². The number of fused-ring (bicyclic) bond motifs is 1. The van der Waals surface area contributed by atoms with E-state index < -0.39 is 23.6 Å². The van der Waals surface area contributed by atoms with Crippen molar-refractivity contribution < 1.29 is 22.3 Å². The van der Waals surface area contributed by atoms with Gasteiger partial charge in [0.05, 0.1) is 7.11 Å². The molecule has 8 heteroatoms. The van der Waals surface area contributed by atoms with Gasteiger partial charge in [0.1, 0.15) is 0 Å². The number of alkyl halides is 3. The number of hydrogen-bond donors (Lipinski definition) is 0. The summed E-state index contributed by atoms with van der Waals surface area (Å²) in [4.78, 5) is 7.03. The number of nitrogens with zero attached hydrogens (tertiary/aromatic N) is 3. The zero-order valence-corrected chi connectivity index (χ0v) is 7.92. The molecule has 0 aliphatic carbocycles. The monoisotopic (exact) mass is 235 g/mol. The lowest BCUT2D eigenvalue weighted by molar-refractivity contribution is -0.142. The molecule has 0 radical (unpaired) electrons. The Bertz CT molecular complexity index is 534. The van der Waals surface area contributed by atoms with E-state index in [1.165, 1.54) is 0 Å². The highest BCUT2D eigenvalue weighted by atomic mass is 19.4. The molecule has 0 spiro atoms. The van der Waals surface area contributed by atoms with E-state index in [2.05, 4.69) is 14.7 Å². The van der Waals surface area contributed by atoms with E-state index >= 15 is 0 Å². The predicted molar refractivity (Wildman–Crippen MR) is 44.5 cm³/mol. The first kappa shape index (κ1) is 10.7. The van der Waals surface area contributed by atoms with Gasteiger partial charge >= 0.3 is 6.18 Å². The summed E-state index contributed by atoms with van der Waals surface area (Å²) in [5, 5.41) is 0. The van der Waals surface area contributed by atoms with Crippen LogP contribution < -0.4 is 4.74 Å². The number of hydrogen-bond acceptors (Lipinski definition) is 3. The molecule has 0 aliphatic heterocycles. The highest BCUT2D eigenvalue weighted by Gasteiger charge is 2.40. The number of methoxy groups -OCH3 is 1. The largest absolute Gasteiger partial charge is 0.480 e. The molecule has 16 heavy (non-hydrogen) atoms. The Morgan fingerprint density at radius 2 is 2.06 bits per heavy atom. The summed E-state index contributed by atoms with van der Waals surface area (Å²) in [6.45, 7) is 0. The van der Waals surface area contributed by atoms with Crippen LogP contribution >= 0.6 is 0 Å². The van der Waals surface area contributed by atoms with Crippen molar-refractivity contribution >= 4 is 5.78 Å².